The predicted octanol–water partition coefficient (Wildman–Crippen LogP) is 2.80. The third-order valence-electron chi connectivity index (χ3n) is 2.84. The monoisotopic (exact) mass is 285 g/mol. The van der Waals surface area contributed by atoms with E-state index in [0.29, 0.717) is 16.9 Å². The summed E-state index contributed by atoms with van der Waals surface area (Å²) in [5, 5.41) is 2.95. The molecule has 0 aromatic heterocycles. The minimum absolute atomic E-state index is 0.0111. The summed E-state index contributed by atoms with van der Waals surface area (Å²) in [6.07, 6.45) is 3.66. The predicted molar refractivity (Wildman–Crippen MR) is 63.6 cm³/mol. The number of rotatable bonds is 3. The summed E-state index contributed by atoms with van der Waals surface area (Å²) >= 11 is 3.25. The van der Waals surface area contributed by atoms with E-state index in [1.807, 2.05) is 0 Å². The van der Waals surface area contributed by atoms with Gasteiger partial charge in [-0.3, -0.25) is 4.79 Å². The molecule has 16 heavy (non-hydrogen) atoms. The van der Waals surface area contributed by atoms with Gasteiger partial charge in [-0.05, 0) is 37.0 Å². The zero-order valence-electron chi connectivity index (χ0n) is 8.80. The van der Waals surface area contributed by atoms with E-state index in [-0.39, 0.29) is 11.7 Å². The average Bonchev–Trinajstić information content (AvgIpc) is 2.16. The highest BCUT2D eigenvalue weighted by Gasteiger charge is 2.19. The first-order valence-electron chi connectivity index (χ1n) is 5.38. The molecule has 1 fully saturated rings. The van der Waals surface area contributed by atoms with E-state index in [1.54, 1.807) is 6.07 Å². The van der Waals surface area contributed by atoms with E-state index in [4.69, 9.17) is 0 Å². The molecule has 1 saturated carbocycles. The van der Waals surface area contributed by atoms with Crippen molar-refractivity contribution in [3.63, 3.8) is 0 Å². The summed E-state index contributed by atoms with van der Waals surface area (Å²) in [6, 6.07) is 4.74. The molecule has 1 amide bonds. The average molecular weight is 286 g/mol. The molecule has 0 saturated heterocycles. The van der Waals surface area contributed by atoms with Gasteiger partial charge >= 0.3 is 0 Å². The summed E-state index contributed by atoms with van der Waals surface area (Å²) < 4.78 is 13.5. The minimum Gasteiger partial charge on any atom is -0.353 e. The van der Waals surface area contributed by atoms with Crippen LogP contribution in [-0.2, 0) is 11.2 Å². The van der Waals surface area contributed by atoms with Crippen molar-refractivity contribution in [2.24, 2.45) is 0 Å². The number of carbonyl (C=O) groups is 1. The van der Waals surface area contributed by atoms with Gasteiger partial charge in [0.1, 0.15) is 5.82 Å². The fourth-order valence-electron chi connectivity index (χ4n) is 1.67. The largest absolute Gasteiger partial charge is 0.353 e. The number of nitrogens with one attached hydrogen (secondary N) is 1. The molecule has 86 valence electrons. The van der Waals surface area contributed by atoms with Gasteiger partial charge in [-0.2, -0.15) is 0 Å². The maximum atomic E-state index is 12.8. The van der Waals surface area contributed by atoms with Crippen LogP contribution in [0.3, 0.4) is 0 Å². The molecule has 0 spiro atoms. The Hall–Kier alpha value is -0.900. The standard InChI is InChI=1S/C12H13BrFNO/c13-11-7-9(14)5-4-8(11)6-12(16)15-10-2-1-3-10/h4-5,7,10H,1-3,6H2,(H,15,16). The quantitative estimate of drug-likeness (QED) is 0.909. The van der Waals surface area contributed by atoms with Crippen LogP contribution in [-0.4, -0.2) is 11.9 Å². The van der Waals surface area contributed by atoms with Gasteiger partial charge in [0.25, 0.3) is 0 Å². The molecule has 1 aliphatic carbocycles. The van der Waals surface area contributed by atoms with Gasteiger partial charge in [0.05, 0.1) is 6.42 Å². The lowest BCUT2D eigenvalue weighted by atomic mass is 9.93. The Morgan fingerprint density at radius 2 is 2.25 bits per heavy atom. The van der Waals surface area contributed by atoms with Crippen LogP contribution in [0, 0.1) is 5.82 Å². The summed E-state index contributed by atoms with van der Waals surface area (Å²) in [7, 11) is 0. The Balaban J connectivity index is 1.94. The highest BCUT2D eigenvalue weighted by atomic mass is 79.9. The van der Waals surface area contributed by atoms with Gasteiger partial charge in [-0.15, -0.1) is 0 Å². The van der Waals surface area contributed by atoms with Crippen LogP contribution in [0.15, 0.2) is 22.7 Å². The molecule has 1 aromatic rings. The van der Waals surface area contributed by atoms with Crippen LogP contribution in [0.4, 0.5) is 4.39 Å². The molecule has 0 bridgehead atoms. The SMILES string of the molecule is O=C(Cc1ccc(F)cc1Br)NC1CCC1. The number of carbonyl (C=O) groups excluding carboxylic acids is 1. The Kier molecular flexibility index (Phi) is 3.59. The third-order valence-corrected chi connectivity index (χ3v) is 3.57. The first-order chi connectivity index (χ1) is 7.65. The molecule has 4 heteroatoms. The zero-order chi connectivity index (χ0) is 11.5. The number of amides is 1. The van der Waals surface area contributed by atoms with E-state index >= 15 is 0 Å². The second-order valence-corrected chi connectivity index (χ2v) is 4.96. The number of hydrogen-bond donors (Lipinski definition) is 1. The van der Waals surface area contributed by atoms with E-state index in [1.165, 1.54) is 18.6 Å². The van der Waals surface area contributed by atoms with E-state index < -0.39 is 0 Å². The lowest BCUT2D eigenvalue weighted by molar-refractivity contribution is -0.121. The number of hydrogen-bond acceptors (Lipinski definition) is 1. The van der Waals surface area contributed by atoms with Crippen LogP contribution < -0.4 is 5.32 Å². The molecule has 2 rings (SSSR count). The van der Waals surface area contributed by atoms with E-state index in [9.17, 15) is 9.18 Å². The van der Waals surface area contributed by atoms with Crippen molar-refractivity contribution < 1.29 is 9.18 Å². The zero-order valence-corrected chi connectivity index (χ0v) is 10.4. The molecule has 1 aliphatic rings. The lowest BCUT2D eigenvalue weighted by Crippen LogP contribution is -2.40. The number of benzene rings is 1. The van der Waals surface area contributed by atoms with Gasteiger partial charge in [0.2, 0.25) is 5.91 Å². The Bertz CT molecular complexity index is 404. The van der Waals surface area contributed by atoms with Gasteiger partial charge in [-0.1, -0.05) is 22.0 Å². The second kappa shape index (κ2) is 4.95. The van der Waals surface area contributed by atoms with Crippen molar-refractivity contribution in [3.05, 3.63) is 34.1 Å². The maximum Gasteiger partial charge on any atom is 0.224 e. The number of halogens is 2. The van der Waals surface area contributed by atoms with Crippen molar-refractivity contribution in [2.75, 3.05) is 0 Å². The minimum atomic E-state index is -0.296. The van der Waals surface area contributed by atoms with Crippen molar-refractivity contribution >= 4 is 21.8 Å². The molecule has 0 heterocycles. The molecule has 0 unspecified atom stereocenters. The van der Waals surface area contributed by atoms with Crippen LogP contribution in [0.25, 0.3) is 0 Å². The fourth-order valence-corrected chi connectivity index (χ4v) is 2.16. The van der Waals surface area contributed by atoms with E-state index in [2.05, 4.69) is 21.2 Å². The molecule has 0 radical (unpaired) electrons. The molecular formula is C12H13BrFNO. The molecule has 1 N–H and O–H groups in total. The first-order valence-corrected chi connectivity index (χ1v) is 6.18. The summed E-state index contributed by atoms with van der Waals surface area (Å²) in [5.41, 5.74) is 0.818. The topological polar surface area (TPSA) is 29.1 Å². The Morgan fingerprint density at radius 3 is 2.81 bits per heavy atom. The smallest absolute Gasteiger partial charge is 0.224 e. The summed E-state index contributed by atoms with van der Waals surface area (Å²) in [4.78, 5) is 11.6. The fraction of sp³-hybridized carbons (Fsp3) is 0.417. The van der Waals surface area contributed by atoms with Gasteiger partial charge in [0, 0.05) is 10.5 Å². The van der Waals surface area contributed by atoms with Crippen LogP contribution >= 0.6 is 15.9 Å². The molecule has 0 aliphatic heterocycles. The highest BCUT2D eigenvalue weighted by molar-refractivity contribution is 9.10. The summed E-state index contributed by atoms with van der Waals surface area (Å²) in [6.45, 7) is 0. The lowest BCUT2D eigenvalue weighted by Gasteiger charge is -2.26. The first kappa shape index (κ1) is 11.6. The van der Waals surface area contributed by atoms with Crippen molar-refractivity contribution in [2.45, 2.75) is 31.7 Å². The van der Waals surface area contributed by atoms with Crippen molar-refractivity contribution in [3.8, 4) is 0 Å². The van der Waals surface area contributed by atoms with Gasteiger partial charge in [-0.25, -0.2) is 4.39 Å². The Labute approximate surface area is 102 Å². The molecule has 0 atom stereocenters. The van der Waals surface area contributed by atoms with Crippen LogP contribution in [0.1, 0.15) is 24.8 Å². The van der Waals surface area contributed by atoms with E-state index in [0.717, 1.165) is 18.4 Å². The molecule has 2 nitrogen and oxygen atoms in total. The van der Waals surface area contributed by atoms with Crippen molar-refractivity contribution in [1.82, 2.24) is 5.32 Å². The van der Waals surface area contributed by atoms with Crippen LogP contribution in [0.2, 0.25) is 0 Å². The van der Waals surface area contributed by atoms with Crippen LogP contribution in [0.5, 0.6) is 0 Å². The highest BCUT2D eigenvalue weighted by Crippen LogP contribution is 2.20. The molecular weight excluding hydrogens is 273 g/mol. The molecule has 1 aromatic carbocycles. The normalized spacial score (nSPS) is 15.6. The maximum absolute atomic E-state index is 12.8. The van der Waals surface area contributed by atoms with Crippen molar-refractivity contribution in [1.29, 1.82) is 0 Å². The van der Waals surface area contributed by atoms with Gasteiger partial charge < -0.3 is 5.32 Å². The third kappa shape index (κ3) is 2.82. The summed E-state index contributed by atoms with van der Waals surface area (Å²) in [5.74, 6) is -0.285. The van der Waals surface area contributed by atoms with Gasteiger partial charge in [0.15, 0.2) is 0 Å². The Morgan fingerprint density at radius 1 is 1.50 bits per heavy atom. The second-order valence-electron chi connectivity index (χ2n) is 4.11.